The highest BCUT2D eigenvalue weighted by molar-refractivity contribution is 6.31. The summed E-state index contributed by atoms with van der Waals surface area (Å²) in [6.07, 6.45) is 5.90. The Balaban J connectivity index is 2.28. The van der Waals surface area contributed by atoms with Gasteiger partial charge < -0.3 is 9.88 Å². The van der Waals surface area contributed by atoms with Crippen molar-refractivity contribution in [2.75, 3.05) is 6.54 Å². The van der Waals surface area contributed by atoms with E-state index in [0.29, 0.717) is 0 Å². The molecule has 0 aliphatic rings. The van der Waals surface area contributed by atoms with Crippen molar-refractivity contribution < 1.29 is 0 Å². The van der Waals surface area contributed by atoms with E-state index >= 15 is 0 Å². The molecular weight excluding hydrogens is 282 g/mol. The third-order valence-corrected chi connectivity index (χ3v) is 4.26. The van der Waals surface area contributed by atoms with E-state index in [4.69, 9.17) is 11.6 Å². The van der Waals surface area contributed by atoms with Gasteiger partial charge in [-0.15, -0.1) is 0 Å². The molecule has 0 bridgehead atoms. The predicted octanol–water partition coefficient (Wildman–Crippen LogP) is 4.15. The molecule has 2 rings (SSSR count). The molecule has 0 fully saturated rings. The van der Waals surface area contributed by atoms with Crippen molar-refractivity contribution >= 4 is 11.6 Å². The van der Waals surface area contributed by atoms with E-state index in [2.05, 4.69) is 41.7 Å². The maximum absolute atomic E-state index is 6.28. The van der Waals surface area contributed by atoms with Crippen LogP contribution in [0.5, 0.6) is 0 Å². The summed E-state index contributed by atoms with van der Waals surface area (Å²) >= 11 is 6.28. The number of rotatable bonds is 7. The number of benzene rings is 1. The summed E-state index contributed by atoms with van der Waals surface area (Å²) in [6, 6.07) is 6.38. The normalized spacial score (nSPS) is 12.6. The van der Waals surface area contributed by atoms with Crippen molar-refractivity contribution in [2.45, 2.75) is 46.2 Å². The average Bonchev–Trinajstić information content (AvgIpc) is 2.93. The van der Waals surface area contributed by atoms with Crippen molar-refractivity contribution in [2.24, 2.45) is 0 Å². The number of imidazole rings is 1. The van der Waals surface area contributed by atoms with Crippen LogP contribution in [0.2, 0.25) is 5.02 Å². The first kappa shape index (κ1) is 16.1. The van der Waals surface area contributed by atoms with Gasteiger partial charge in [-0.1, -0.05) is 30.7 Å². The Labute approximate surface area is 132 Å². The van der Waals surface area contributed by atoms with Crippen LogP contribution >= 0.6 is 11.6 Å². The molecule has 1 atom stereocenters. The summed E-state index contributed by atoms with van der Waals surface area (Å²) in [5.74, 6) is 1.12. The van der Waals surface area contributed by atoms with Gasteiger partial charge in [0.15, 0.2) is 0 Å². The standard InChI is InChI=1S/C17H24ClN3/c1-4-9-19-16(12-17-20-10-11-21(17)5-2)14-7-6-8-15(18)13(14)3/h6-8,10-11,16,19H,4-5,9,12H2,1-3H3. The molecule has 0 aliphatic carbocycles. The van der Waals surface area contributed by atoms with Gasteiger partial charge in [-0.2, -0.15) is 0 Å². The van der Waals surface area contributed by atoms with Gasteiger partial charge in [-0.05, 0) is 44.0 Å². The molecular formula is C17H24ClN3. The first-order valence-electron chi connectivity index (χ1n) is 7.65. The Bertz CT molecular complexity index is 577. The summed E-state index contributed by atoms with van der Waals surface area (Å²) < 4.78 is 2.19. The summed E-state index contributed by atoms with van der Waals surface area (Å²) in [5, 5.41) is 4.46. The van der Waals surface area contributed by atoms with Crippen LogP contribution in [0.3, 0.4) is 0 Å². The fraction of sp³-hybridized carbons (Fsp3) is 0.471. The van der Waals surface area contributed by atoms with Crippen LogP contribution < -0.4 is 5.32 Å². The molecule has 1 N–H and O–H groups in total. The molecule has 1 aromatic heterocycles. The predicted molar refractivity (Wildman–Crippen MR) is 88.8 cm³/mol. The second-order valence-corrected chi connectivity index (χ2v) is 5.70. The highest BCUT2D eigenvalue weighted by Gasteiger charge is 2.17. The lowest BCUT2D eigenvalue weighted by molar-refractivity contribution is 0.505. The number of aryl methyl sites for hydroxylation is 1. The molecule has 0 radical (unpaired) electrons. The van der Waals surface area contributed by atoms with Gasteiger partial charge in [0, 0.05) is 36.4 Å². The van der Waals surface area contributed by atoms with Gasteiger partial charge in [0.05, 0.1) is 0 Å². The minimum Gasteiger partial charge on any atom is -0.335 e. The van der Waals surface area contributed by atoms with Crippen molar-refractivity contribution in [3.63, 3.8) is 0 Å². The Hall–Kier alpha value is -1.32. The van der Waals surface area contributed by atoms with Crippen LogP contribution in [-0.2, 0) is 13.0 Å². The monoisotopic (exact) mass is 305 g/mol. The third-order valence-electron chi connectivity index (χ3n) is 3.85. The summed E-state index contributed by atoms with van der Waals surface area (Å²) in [5.41, 5.74) is 2.42. The zero-order valence-electron chi connectivity index (χ0n) is 13.1. The van der Waals surface area contributed by atoms with Crippen LogP contribution in [0, 0.1) is 6.92 Å². The first-order chi connectivity index (χ1) is 10.2. The van der Waals surface area contributed by atoms with Crippen LogP contribution in [0.25, 0.3) is 0 Å². The molecule has 1 unspecified atom stereocenters. The Morgan fingerprint density at radius 1 is 1.33 bits per heavy atom. The molecule has 1 aromatic carbocycles. The fourth-order valence-electron chi connectivity index (χ4n) is 2.61. The lowest BCUT2D eigenvalue weighted by atomic mass is 9.98. The molecule has 1 heterocycles. The van der Waals surface area contributed by atoms with Crippen LogP contribution in [0.4, 0.5) is 0 Å². The highest BCUT2D eigenvalue weighted by atomic mass is 35.5. The van der Waals surface area contributed by atoms with Crippen LogP contribution in [0.15, 0.2) is 30.6 Å². The largest absolute Gasteiger partial charge is 0.335 e. The lowest BCUT2D eigenvalue weighted by Gasteiger charge is -2.21. The summed E-state index contributed by atoms with van der Waals surface area (Å²) in [7, 11) is 0. The van der Waals surface area contributed by atoms with Crippen LogP contribution in [0.1, 0.15) is 43.3 Å². The maximum atomic E-state index is 6.28. The quantitative estimate of drug-likeness (QED) is 0.833. The highest BCUT2D eigenvalue weighted by Crippen LogP contribution is 2.26. The third kappa shape index (κ3) is 3.86. The van der Waals surface area contributed by atoms with E-state index < -0.39 is 0 Å². The topological polar surface area (TPSA) is 29.9 Å². The van der Waals surface area contributed by atoms with Crippen molar-refractivity contribution in [3.8, 4) is 0 Å². The van der Waals surface area contributed by atoms with Gasteiger partial charge >= 0.3 is 0 Å². The number of halogens is 1. The molecule has 0 saturated heterocycles. The van der Waals surface area contributed by atoms with E-state index in [1.807, 2.05) is 24.5 Å². The minimum atomic E-state index is 0.247. The second-order valence-electron chi connectivity index (χ2n) is 5.29. The number of aromatic nitrogens is 2. The Kier molecular flexibility index (Phi) is 5.83. The molecule has 114 valence electrons. The van der Waals surface area contributed by atoms with Crippen LogP contribution in [-0.4, -0.2) is 16.1 Å². The van der Waals surface area contributed by atoms with Crippen molar-refractivity contribution in [1.82, 2.24) is 14.9 Å². The first-order valence-corrected chi connectivity index (χ1v) is 8.03. The fourth-order valence-corrected chi connectivity index (χ4v) is 2.79. The molecule has 0 saturated carbocycles. The smallest absolute Gasteiger partial charge is 0.110 e. The van der Waals surface area contributed by atoms with E-state index in [1.54, 1.807) is 0 Å². The van der Waals surface area contributed by atoms with Gasteiger partial charge in [-0.25, -0.2) is 4.98 Å². The van der Waals surface area contributed by atoms with Crippen molar-refractivity contribution in [1.29, 1.82) is 0 Å². The van der Waals surface area contributed by atoms with E-state index in [0.717, 1.165) is 42.3 Å². The number of hydrogen-bond acceptors (Lipinski definition) is 2. The number of nitrogens with zero attached hydrogens (tertiary/aromatic N) is 2. The molecule has 21 heavy (non-hydrogen) atoms. The zero-order chi connectivity index (χ0) is 15.2. The summed E-state index contributed by atoms with van der Waals surface area (Å²) in [6.45, 7) is 8.35. The lowest BCUT2D eigenvalue weighted by Crippen LogP contribution is -2.26. The maximum Gasteiger partial charge on any atom is 0.110 e. The van der Waals surface area contributed by atoms with E-state index in [-0.39, 0.29) is 6.04 Å². The number of nitrogens with one attached hydrogen (secondary N) is 1. The van der Waals surface area contributed by atoms with E-state index in [9.17, 15) is 0 Å². The molecule has 0 aliphatic heterocycles. The van der Waals surface area contributed by atoms with Gasteiger partial charge in [-0.3, -0.25) is 0 Å². The second kappa shape index (κ2) is 7.62. The van der Waals surface area contributed by atoms with E-state index in [1.165, 1.54) is 5.56 Å². The number of hydrogen-bond donors (Lipinski definition) is 1. The van der Waals surface area contributed by atoms with Gasteiger partial charge in [0.1, 0.15) is 5.82 Å². The van der Waals surface area contributed by atoms with Crippen molar-refractivity contribution in [3.05, 3.63) is 52.6 Å². The van der Waals surface area contributed by atoms with Gasteiger partial charge in [0.2, 0.25) is 0 Å². The summed E-state index contributed by atoms with van der Waals surface area (Å²) in [4.78, 5) is 4.50. The SMILES string of the molecule is CCCNC(Cc1nccn1CC)c1cccc(Cl)c1C. The molecule has 0 spiro atoms. The Morgan fingerprint density at radius 3 is 2.86 bits per heavy atom. The zero-order valence-corrected chi connectivity index (χ0v) is 13.8. The molecule has 3 nitrogen and oxygen atoms in total. The molecule has 0 amide bonds. The Morgan fingerprint density at radius 2 is 2.14 bits per heavy atom. The average molecular weight is 306 g/mol. The molecule has 2 aromatic rings. The molecule has 4 heteroatoms. The minimum absolute atomic E-state index is 0.247. The van der Waals surface area contributed by atoms with Gasteiger partial charge in [0.25, 0.3) is 0 Å².